The van der Waals surface area contributed by atoms with E-state index >= 15 is 0 Å². The van der Waals surface area contributed by atoms with Crippen molar-refractivity contribution in [2.24, 2.45) is 5.73 Å². The van der Waals surface area contributed by atoms with Gasteiger partial charge in [-0.1, -0.05) is 12.1 Å². The fourth-order valence-electron chi connectivity index (χ4n) is 4.27. The van der Waals surface area contributed by atoms with Crippen LogP contribution in [0.3, 0.4) is 0 Å². The minimum Gasteiger partial charge on any atom is -0.492 e. The van der Waals surface area contributed by atoms with E-state index in [1.807, 2.05) is 49.5 Å². The standard InChI is InChI=1S/C25H28N8O2/c1-32(21-6-4-5-17-15-28-31-22(17)21)24-20(23(26)34)16-27-25(30-24)29-18-7-9-19(10-8-18)35-14-13-33-11-2-3-12-33/h4-10,15-16H,2-3,11-14H2,1H3,(H2,26,34)(H,28,31)(H,27,29,30). The van der Waals surface area contributed by atoms with Gasteiger partial charge in [-0.25, -0.2) is 4.98 Å². The van der Waals surface area contributed by atoms with Crippen LogP contribution in [0.15, 0.2) is 54.9 Å². The monoisotopic (exact) mass is 472 g/mol. The quantitative estimate of drug-likeness (QED) is 0.338. The van der Waals surface area contributed by atoms with Crippen molar-refractivity contribution in [1.82, 2.24) is 25.1 Å². The van der Waals surface area contributed by atoms with Gasteiger partial charge < -0.3 is 20.7 Å². The van der Waals surface area contributed by atoms with Crippen LogP contribution < -0.4 is 20.7 Å². The first-order valence-corrected chi connectivity index (χ1v) is 11.6. The van der Waals surface area contributed by atoms with E-state index in [-0.39, 0.29) is 5.56 Å². The summed E-state index contributed by atoms with van der Waals surface area (Å²) in [7, 11) is 1.82. The number of aromatic amines is 1. The van der Waals surface area contributed by atoms with Crippen molar-refractivity contribution in [3.63, 3.8) is 0 Å². The third-order valence-corrected chi connectivity index (χ3v) is 6.15. The summed E-state index contributed by atoms with van der Waals surface area (Å²) in [6, 6.07) is 13.4. The largest absolute Gasteiger partial charge is 0.492 e. The Hall–Kier alpha value is -4.18. The number of hydrogen-bond donors (Lipinski definition) is 3. The van der Waals surface area contributed by atoms with Gasteiger partial charge >= 0.3 is 0 Å². The Labute approximate surface area is 203 Å². The third-order valence-electron chi connectivity index (χ3n) is 6.15. The average Bonchev–Trinajstić information content (AvgIpc) is 3.56. The van der Waals surface area contributed by atoms with E-state index < -0.39 is 5.91 Å². The maximum atomic E-state index is 12.1. The van der Waals surface area contributed by atoms with Crippen molar-refractivity contribution in [3.8, 4) is 5.75 Å². The maximum Gasteiger partial charge on any atom is 0.254 e. The lowest BCUT2D eigenvalue weighted by Gasteiger charge is -2.21. The Morgan fingerprint density at radius 1 is 1.17 bits per heavy atom. The van der Waals surface area contributed by atoms with Crippen molar-refractivity contribution >= 4 is 40.0 Å². The Kier molecular flexibility index (Phi) is 6.44. The highest BCUT2D eigenvalue weighted by Crippen LogP contribution is 2.31. The van der Waals surface area contributed by atoms with E-state index in [9.17, 15) is 4.79 Å². The van der Waals surface area contributed by atoms with Crippen molar-refractivity contribution in [2.45, 2.75) is 12.8 Å². The second-order valence-electron chi connectivity index (χ2n) is 8.51. The molecule has 0 saturated carbocycles. The van der Waals surface area contributed by atoms with Crippen LogP contribution >= 0.6 is 0 Å². The topological polar surface area (TPSA) is 125 Å². The number of carbonyl (C=O) groups excluding carboxylic acids is 1. The molecule has 3 heterocycles. The van der Waals surface area contributed by atoms with E-state index in [0.29, 0.717) is 18.4 Å². The molecule has 1 aliphatic heterocycles. The molecule has 1 fully saturated rings. The molecule has 0 atom stereocenters. The van der Waals surface area contributed by atoms with Crippen molar-refractivity contribution in [2.75, 3.05) is 43.5 Å². The summed E-state index contributed by atoms with van der Waals surface area (Å²) >= 11 is 0. The molecule has 1 amide bonds. The zero-order valence-electron chi connectivity index (χ0n) is 19.6. The van der Waals surface area contributed by atoms with E-state index in [2.05, 4.69) is 30.4 Å². The molecule has 5 rings (SSSR count). The Balaban J connectivity index is 1.32. The van der Waals surface area contributed by atoms with Gasteiger partial charge in [-0.15, -0.1) is 0 Å². The van der Waals surface area contributed by atoms with Crippen molar-refractivity contribution in [3.05, 3.63) is 60.4 Å². The fraction of sp³-hybridized carbons (Fsp3) is 0.280. The van der Waals surface area contributed by atoms with Gasteiger partial charge in [0.1, 0.15) is 17.9 Å². The number of likely N-dealkylation sites (tertiary alicyclic amines) is 1. The molecule has 0 radical (unpaired) electrons. The highest BCUT2D eigenvalue weighted by molar-refractivity contribution is 6.00. The summed E-state index contributed by atoms with van der Waals surface area (Å²) in [4.78, 5) is 25.2. The van der Waals surface area contributed by atoms with Gasteiger partial charge in [0.05, 0.1) is 17.4 Å². The smallest absolute Gasteiger partial charge is 0.254 e. The zero-order valence-corrected chi connectivity index (χ0v) is 19.6. The minimum atomic E-state index is -0.606. The van der Waals surface area contributed by atoms with E-state index in [4.69, 9.17) is 10.5 Å². The number of fused-ring (bicyclic) bond motifs is 1. The van der Waals surface area contributed by atoms with Crippen LogP contribution in [0.5, 0.6) is 5.75 Å². The summed E-state index contributed by atoms with van der Waals surface area (Å²) < 4.78 is 5.88. The summed E-state index contributed by atoms with van der Waals surface area (Å²) in [5, 5.41) is 11.3. The molecule has 4 aromatic rings. The van der Waals surface area contributed by atoms with Crippen LogP contribution in [0.25, 0.3) is 10.9 Å². The lowest BCUT2D eigenvalue weighted by atomic mass is 10.2. The molecule has 0 bridgehead atoms. The van der Waals surface area contributed by atoms with Crippen LogP contribution in [0.4, 0.5) is 23.1 Å². The molecule has 10 nitrogen and oxygen atoms in total. The predicted molar refractivity (Wildman–Crippen MR) is 136 cm³/mol. The number of ether oxygens (including phenoxy) is 1. The van der Waals surface area contributed by atoms with E-state index in [1.165, 1.54) is 19.0 Å². The number of para-hydroxylation sites is 1. The average molecular weight is 473 g/mol. The SMILES string of the molecule is CN(c1nc(Nc2ccc(OCCN3CCCC3)cc2)ncc1C(N)=O)c1cccc2cn[nH]c12. The molecule has 1 aliphatic rings. The summed E-state index contributed by atoms with van der Waals surface area (Å²) in [5.41, 5.74) is 8.28. The van der Waals surface area contributed by atoms with Crippen LogP contribution in [0, 0.1) is 0 Å². The molecular weight excluding hydrogens is 444 g/mol. The van der Waals surface area contributed by atoms with Crippen LogP contribution in [0.1, 0.15) is 23.2 Å². The number of carbonyl (C=O) groups is 1. The zero-order chi connectivity index (χ0) is 24.2. The van der Waals surface area contributed by atoms with Gasteiger partial charge in [-0.3, -0.25) is 14.8 Å². The van der Waals surface area contributed by atoms with E-state index in [0.717, 1.165) is 47.7 Å². The number of H-pyrrole nitrogens is 1. The lowest BCUT2D eigenvalue weighted by Crippen LogP contribution is -2.25. The second kappa shape index (κ2) is 9.98. The van der Waals surface area contributed by atoms with Gasteiger partial charge in [0, 0.05) is 30.9 Å². The molecule has 0 aliphatic carbocycles. The molecule has 4 N–H and O–H groups in total. The maximum absolute atomic E-state index is 12.1. The molecule has 2 aromatic heterocycles. The lowest BCUT2D eigenvalue weighted by molar-refractivity contribution is 0.1000. The number of amides is 1. The number of rotatable bonds is 9. The highest BCUT2D eigenvalue weighted by Gasteiger charge is 2.19. The normalized spacial score (nSPS) is 13.7. The van der Waals surface area contributed by atoms with Gasteiger partial charge in [-0.2, -0.15) is 10.1 Å². The fourth-order valence-corrected chi connectivity index (χ4v) is 4.27. The number of aromatic nitrogens is 4. The van der Waals surface area contributed by atoms with Crippen molar-refractivity contribution in [1.29, 1.82) is 0 Å². The number of anilines is 4. The van der Waals surface area contributed by atoms with Gasteiger partial charge in [0.15, 0.2) is 5.82 Å². The Morgan fingerprint density at radius 3 is 2.74 bits per heavy atom. The van der Waals surface area contributed by atoms with Crippen LogP contribution in [-0.4, -0.2) is 64.3 Å². The Bertz CT molecular complexity index is 1310. The minimum absolute atomic E-state index is 0.219. The highest BCUT2D eigenvalue weighted by atomic mass is 16.5. The number of benzene rings is 2. The van der Waals surface area contributed by atoms with Gasteiger partial charge in [0.25, 0.3) is 5.91 Å². The molecular formula is C25H28N8O2. The molecule has 10 heteroatoms. The first-order chi connectivity index (χ1) is 17.1. The first-order valence-electron chi connectivity index (χ1n) is 11.6. The number of nitrogens with two attached hydrogens (primary N) is 1. The summed E-state index contributed by atoms with van der Waals surface area (Å²) in [5.74, 6) is 0.939. The predicted octanol–water partition coefficient (Wildman–Crippen LogP) is 3.44. The van der Waals surface area contributed by atoms with Gasteiger partial charge in [-0.05, 0) is 56.3 Å². The van der Waals surface area contributed by atoms with Gasteiger partial charge in [0.2, 0.25) is 5.95 Å². The third kappa shape index (κ3) is 5.02. The summed E-state index contributed by atoms with van der Waals surface area (Å²) in [6.45, 7) is 3.94. The number of hydrogen-bond acceptors (Lipinski definition) is 8. The molecule has 1 saturated heterocycles. The number of nitrogens with zero attached hydrogens (tertiary/aromatic N) is 5. The second-order valence-corrected chi connectivity index (χ2v) is 8.51. The Morgan fingerprint density at radius 2 is 1.97 bits per heavy atom. The molecule has 0 unspecified atom stereocenters. The van der Waals surface area contributed by atoms with E-state index in [1.54, 1.807) is 11.1 Å². The van der Waals surface area contributed by atoms with Crippen LogP contribution in [0.2, 0.25) is 0 Å². The summed E-state index contributed by atoms with van der Waals surface area (Å²) in [6.07, 6.45) is 5.74. The molecule has 0 spiro atoms. The van der Waals surface area contributed by atoms with Crippen molar-refractivity contribution < 1.29 is 9.53 Å². The number of nitrogens with one attached hydrogen (secondary N) is 2. The number of primary amides is 1. The molecule has 180 valence electrons. The molecule has 2 aromatic carbocycles. The first kappa shape index (κ1) is 22.6. The molecule has 35 heavy (non-hydrogen) atoms. The van der Waals surface area contributed by atoms with Crippen LogP contribution in [-0.2, 0) is 0 Å².